The minimum Gasteiger partial charge on any atom is -0.474 e. The molecule has 0 spiro atoms. The zero-order valence-corrected chi connectivity index (χ0v) is 8.97. The van der Waals surface area contributed by atoms with Crippen LogP contribution in [0.5, 0.6) is 5.88 Å². The van der Waals surface area contributed by atoms with Crippen LogP contribution in [0.1, 0.15) is 20.3 Å². The Morgan fingerprint density at radius 3 is 2.87 bits per heavy atom. The Hall–Kier alpha value is -1.36. The van der Waals surface area contributed by atoms with Crippen molar-refractivity contribution >= 4 is 5.82 Å². The van der Waals surface area contributed by atoms with Crippen LogP contribution in [0.15, 0.2) is 12.4 Å². The Morgan fingerprint density at radius 2 is 2.27 bits per heavy atom. The Labute approximate surface area is 89.1 Å². The van der Waals surface area contributed by atoms with E-state index in [1.165, 1.54) is 0 Å². The molecule has 2 atom stereocenters. The second kappa shape index (κ2) is 4.02. The molecule has 2 rings (SSSR count). The summed E-state index contributed by atoms with van der Waals surface area (Å²) >= 11 is 0. The third-order valence-electron chi connectivity index (χ3n) is 2.14. The summed E-state index contributed by atoms with van der Waals surface area (Å²) in [4.78, 5) is 8.33. The number of ether oxygens (including phenoxy) is 1. The predicted octanol–water partition coefficient (Wildman–Crippen LogP) is 0.775. The molecule has 1 aromatic rings. The first-order chi connectivity index (χ1) is 7.15. The number of nitrogens with one attached hydrogen (secondary N) is 1. The van der Waals surface area contributed by atoms with Gasteiger partial charge in [0.1, 0.15) is 5.82 Å². The van der Waals surface area contributed by atoms with Crippen molar-refractivity contribution in [1.29, 1.82) is 0 Å². The molecule has 0 saturated heterocycles. The monoisotopic (exact) mass is 208 g/mol. The van der Waals surface area contributed by atoms with E-state index in [9.17, 15) is 0 Å². The highest BCUT2D eigenvalue weighted by Crippen LogP contribution is 2.23. The van der Waals surface area contributed by atoms with Crippen LogP contribution in [-0.4, -0.2) is 28.2 Å². The molecule has 0 amide bonds. The lowest BCUT2D eigenvalue weighted by Crippen LogP contribution is -2.15. The molecule has 3 N–H and O–H groups in total. The molecule has 1 aliphatic carbocycles. The van der Waals surface area contributed by atoms with E-state index in [2.05, 4.69) is 15.3 Å². The van der Waals surface area contributed by atoms with E-state index in [1.807, 2.05) is 13.8 Å². The van der Waals surface area contributed by atoms with Crippen LogP contribution in [0.2, 0.25) is 0 Å². The number of anilines is 1. The molecule has 1 heterocycles. The number of aromatic nitrogens is 2. The van der Waals surface area contributed by atoms with Gasteiger partial charge in [-0.25, -0.2) is 0 Å². The van der Waals surface area contributed by atoms with Gasteiger partial charge >= 0.3 is 0 Å². The molecule has 82 valence electrons. The largest absolute Gasteiger partial charge is 0.474 e. The first-order valence-corrected chi connectivity index (χ1v) is 5.16. The van der Waals surface area contributed by atoms with Gasteiger partial charge in [0.25, 0.3) is 0 Å². The van der Waals surface area contributed by atoms with E-state index in [-0.39, 0.29) is 12.1 Å². The highest BCUT2D eigenvalue weighted by molar-refractivity contribution is 5.37. The zero-order chi connectivity index (χ0) is 10.8. The first kappa shape index (κ1) is 10.2. The molecule has 2 unspecified atom stereocenters. The summed E-state index contributed by atoms with van der Waals surface area (Å²) in [5.41, 5.74) is 5.69. The molecule has 1 saturated carbocycles. The van der Waals surface area contributed by atoms with Crippen molar-refractivity contribution in [3.05, 3.63) is 12.4 Å². The fourth-order valence-corrected chi connectivity index (χ4v) is 1.29. The van der Waals surface area contributed by atoms with Gasteiger partial charge in [0.05, 0.1) is 18.5 Å². The summed E-state index contributed by atoms with van der Waals surface area (Å²) in [6, 6.07) is 0.593. The summed E-state index contributed by atoms with van der Waals surface area (Å²) in [5.74, 6) is 1.27. The summed E-state index contributed by atoms with van der Waals surface area (Å²) in [7, 11) is 0. The fourth-order valence-electron chi connectivity index (χ4n) is 1.29. The molecule has 0 aromatic carbocycles. The maximum absolute atomic E-state index is 5.69. The second-order valence-electron chi connectivity index (χ2n) is 4.06. The van der Waals surface area contributed by atoms with Crippen molar-refractivity contribution in [2.75, 3.05) is 5.32 Å². The quantitative estimate of drug-likeness (QED) is 0.764. The predicted molar refractivity (Wildman–Crippen MR) is 57.8 cm³/mol. The van der Waals surface area contributed by atoms with Crippen LogP contribution in [0, 0.1) is 0 Å². The van der Waals surface area contributed by atoms with E-state index in [1.54, 1.807) is 12.4 Å². The topological polar surface area (TPSA) is 73.1 Å². The van der Waals surface area contributed by atoms with Crippen molar-refractivity contribution in [2.24, 2.45) is 5.73 Å². The highest BCUT2D eigenvalue weighted by atomic mass is 16.5. The van der Waals surface area contributed by atoms with Crippen LogP contribution >= 0.6 is 0 Å². The molecule has 1 aliphatic rings. The minimum absolute atomic E-state index is 0.109. The van der Waals surface area contributed by atoms with Gasteiger partial charge in [0.2, 0.25) is 5.88 Å². The SMILES string of the molecule is CC(C)Oc1cncc(NC2CC2N)n1. The van der Waals surface area contributed by atoms with Crippen LogP contribution < -0.4 is 15.8 Å². The van der Waals surface area contributed by atoms with Gasteiger partial charge in [-0.1, -0.05) is 0 Å². The van der Waals surface area contributed by atoms with E-state index >= 15 is 0 Å². The molecular weight excluding hydrogens is 192 g/mol. The molecule has 15 heavy (non-hydrogen) atoms. The second-order valence-corrected chi connectivity index (χ2v) is 4.06. The third-order valence-corrected chi connectivity index (χ3v) is 2.14. The summed E-state index contributed by atoms with van der Waals surface area (Å²) in [5, 5.41) is 3.20. The van der Waals surface area contributed by atoms with Crippen LogP contribution in [0.3, 0.4) is 0 Å². The molecule has 1 aromatic heterocycles. The lowest BCUT2D eigenvalue weighted by Gasteiger charge is -2.09. The number of hydrogen-bond donors (Lipinski definition) is 2. The van der Waals surface area contributed by atoms with Gasteiger partial charge in [-0.15, -0.1) is 0 Å². The number of rotatable bonds is 4. The lowest BCUT2D eigenvalue weighted by molar-refractivity contribution is 0.232. The third kappa shape index (κ3) is 2.79. The van der Waals surface area contributed by atoms with E-state index < -0.39 is 0 Å². The van der Waals surface area contributed by atoms with Gasteiger partial charge < -0.3 is 15.8 Å². The van der Waals surface area contributed by atoms with Crippen molar-refractivity contribution in [2.45, 2.75) is 38.5 Å². The molecular formula is C10H16N4O. The van der Waals surface area contributed by atoms with Gasteiger partial charge in [0, 0.05) is 12.1 Å². The molecule has 0 bridgehead atoms. The fraction of sp³-hybridized carbons (Fsp3) is 0.600. The van der Waals surface area contributed by atoms with Crippen molar-refractivity contribution in [3.63, 3.8) is 0 Å². The highest BCUT2D eigenvalue weighted by Gasteiger charge is 2.33. The summed E-state index contributed by atoms with van der Waals surface area (Å²) < 4.78 is 5.44. The van der Waals surface area contributed by atoms with Crippen molar-refractivity contribution in [1.82, 2.24) is 9.97 Å². The molecule has 5 heteroatoms. The van der Waals surface area contributed by atoms with E-state index in [0.29, 0.717) is 11.9 Å². The summed E-state index contributed by atoms with van der Waals surface area (Å²) in [6.07, 6.45) is 4.39. The van der Waals surface area contributed by atoms with E-state index in [0.717, 1.165) is 12.2 Å². The first-order valence-electron chi connectivity index (χ1n) is 5.16. The lowest BCUT2D eigenvalue weighted by atomic mass is 10.5. The molecule has 5 nitrogen and oxygen atoms in total. The number of hydrogen-bond acceptors (Lipinski definition) is 5. The average molecular weight is 208 g/mol. The maximum Gasteiger partial charge on any atom is 0.234 e. The standard InChI is InChI=1S/C10H16N4O/c1-6(2)15-10-5-12-4-9(14-10)13-8-3-7(8)11/h4-8H,3,11H2,1-2H3,(H,13,14). The zero-order valence-electron chi connectivity index (χ0n) is 8.97. The van der Waals surface area contributed by atoms with Crippen molar-refractivity contribution in [3.8, 4) is 5.88 Å². The van der Waals surface area contributed by atoms with Crippen LogP contribution in [0.25, 0.3) is 0 Å². The molecule has 1 fully saturated rings. The Bertz CT molecular complexity index is 342. The van der Waals surface area contributed by atoms with Crippen LogP contribution in [-0.2, 0) is 0 Å². The Morgan fingerprint density at radius 1 is 1.53 bits per heavy atom. The number of nitrogens with two attached hydrogens (primary N) is 1. The average Bonchev–Trinajstić information content (AvgIpc) is 2.81. The molecule has 0 radical (unpaired) electrons. The molecule has 0 aliphatic heterocycles. The van der Waals surface area contributed by atoms with Gasteiger partial charge in [-0.05, 0) is 20.3 Å². The van der Waals surface area contributed by atoms with Gasteiger partial charge in [-0.3, -0.25) is 4.98 Å². The van der Waals surface area contributed by atoms with Crippen LogP contribution in [0.4, 0.5) is 5.82 Å². The Balaban J connectivity index is 1.99. The normalized spacial score (nSPS) is 24.0. The van der Waals surface area contributed by atoms with Crippen molar-refractivity contribution < 1.29 is 4.74 Å². The summed E-state index contributed by atoms with van der Waals surface area (Å²) in [6.45, 7) is 3.91. The van der Waals surface area contributed by atoms with Gasteiger partial charge in [-0.2, -0.15) is 4.98 Å². The number of nitrogens with zero attached hydrogens (tertiary/aromatic N) is 2. The Kier molecular flexibility index (Phi) is 2.73. The van der Waals surface area contributed by atoms with Gasteiger partial charge in [0.15, 0.2) is 0 Å². The smallest absolute Gasteiger partial charge is 0.234 e. The maximum atomic E-state index is 5.69. The van der Waals surface area contributed by atoms with E-state index in [4.69, 9.17) is 10.5 Å². The minimum atomic E-state index is 0.109.